The Morgan fingerprint density at radius 2 is 1.89 bits per heavy atom. The third-order valence-electron chi connectivity index (χ3n) is 2.94. The summed E-state index contributed by atoms with van der Waals surface area (Å²) in [4.78, 5) is 8.94. The standard InChI is InChI=1S/C14H8ClN3O/c15-8-5-6-9-11(7-8)17-13-14(18-9)19-12-4-2-1-3-10(12)16-13/h1-7H,(H,16,17). The fourth-order valence-electron chi connectivity index (χ4n) is 2.05. The molecule has 0 spiro atoms. The van der Waals surface area contributed by atoms with E-state index in [1.807, 2.05) is 30.3 Å². The molecule has 2 aromatic carbocycles. The Hall–Kier alpha value is -2.33. The van der Waals surface area contributed by atoms with Gasteiger partial charge in [0.15, 0.2) is 11.6 Å². The highest BCUT2D eigenvalue weighted by molar-refractivity contribution is 6.31. The van der Waals surface area contributed by atoms with E-state index in [4.69, 9.17) is 16.3 Å². The summed E-state index contributed by atoms with van der Waals surface area (Å²) in [6.07, 6.45) is 0. The third kappa shape index (κ3) is 1.69. The zero-order valence-electron chi connectivity index (χ0n) is 9.72. The molecule has 0 saturated heterocycles. The highest BCUT2D eigenvalue weighted by atomic mass is 35.5. The van der Waals surface area contributed by atoms with Crippen LogP contribution in [0.25, 0.3) is 11.0 Å². The lowest BCUT2D eigenvalue weighted by Crippen LogP contribution is -2.06. The number of aromatic nitrogens is 2. The normalized spacial score (nSPS) is 12.3. The predicted molar refractivity (Wildman–Crippen MR) is 74.3 cm³/mol. The Kier molecular flexibility index (Phi) is 2.13. The second-order valence-electron chi connectivity index (χ2n) is 4.23. The molecule has 1 N–H and O–H groups in total. The maximum atomic E-state index is 5.96. The van der Waals surface area contributed by atoms with Gasteiger partial charge in [0.25, 0.3) is 5.88 Å². The number of nitrogens with zero attached hydrogens (tertiary/aromatic N) is 2. The monoisotopic (exact) mass is 269 g/mol. The number of ether oxygens (including phenoxy) is 1. The Balaban J connectivity index is 1.91. The van der Waals surface area contributed by atoms with Crippen molar-refractivity contribution >= 4 is 34.1 Å². The Labute approximate surface area is 114 Å². The van der Waals surface area contributed by atoms with Crippen LogP contribution >= 0.6 is 11.6 Å². The van der Waals surface area contributed by atoms with Crippen molar-refractivity contribution in [3.8, 4) is 11.6 Å². The van der Waals surface area contributed by atoms with Gasteiger partial charge in [0.2, 0.25) is 0 Å². The molecule has 1 aliphatic heterocycles. The van der Waals surface area contributed by atoms with E-state index in [2.05, 4.69) is 15.3 Å². The van der Waals surface area contributed by atoms with Crippen LogP contribution in [0, 0.1) is 0 Å². The van der Waals surface area contributed by atoms with E-state index < -0.39 is 0 Å². The van der Waals surface area contributed by atoms with Crippen LogP contribution in [0.2, 0.25) is 5.02 Å². The molecule has 0 bridgehead atoms. The molecule has 4 rings (SSSR count). The van der Waals surface area contributed by atoms with Crippen LogP contribution in [-0.4, -0.2) is 9.97 Å². The van der Waals surface area contributed by atoms with E-state index >= 15 is 0 Å². The molecule has 0 amide bonds. The number of benzene rings is 2. The number of hydrogen-bond acceptors (Lipinski definition) is 4. The second-order valence-corrected chi connectivity index (χ2v) is 4.67. The van der Waals surface area contributed by atoms with E-state index in [1.54, 1.807) is 12.1 Å². The summed E-state index contributed by atoms with van der Waals surface area (Å²) in [5.74, 6) is 1.83. The molecular weight excluding hydrogens is 262 g/mol. The molecule has 1 aliphatic rings. The molecule has 2 heterocycles. The van der Waals surface area contributed by atoms with Gasteiger partial charge in [-0.05, 0) is 30.3 Å². The van der Waals surface area contributed by atoms with Crippen LogP contribution < -0.4 is 10.1 Å². The van der Waals surface area contributed by atoms with Crippen molar-refractivity contribution in [1.82, 2.24) is 9.97 Å². The zero-order valence-corrected chi connectivity index (χ0v) is 10.5. The minimum atomic E-state index is 0.480. The smallest absolute Gasteiger partial charge is 0.263 e. The highest BCUT2D eigenvalue weighted by Gasteiger charge is 2.19. The van der Waals surface area contributed by atoms with Gasteiger partial charge < -0.3 is 10.1 Å². The molecule has 3 aromatic rings. The van der Waals surface area contributed by atoms with Gasteiger partial charge in [0, 0.05) is 5.02 Å². The van der Waals surface area contributed by atoms with Crippen molar-refractivity contribution in [3.05, 3.63) is 47.5 Å². The third-order valence-corrected chi connectivity index (χ3v) is 3.18. The fraction of sp³-hybridized carbons (Fsp3) is 0. The molecule has 0 fully saturated rings. The summed E-state index contributed by atoms with van der Waals surface area (Å²) in [7, 11) is 0. The largest absolute Gasteiger partial charge is 0.434 e. The summed E-state index contributed by atoms with van der Waals surface area (Å²) in [6, 6.07) is 13.1. The maximum Gasteiger partial charge on any atom is 0.263 e. The van der Waals surface area contributed by atoms with Crippen LogP contribution in [0.3, 0.4) is 0 Å². The molecular formula is C14H8ClN3O. The molecule has 0 saturated carbocycles. The van der Waals surface area contributed by atoms with Gasteiger partial charge in [-0.3, -0.25) is 0 Å². The number of hydrogen-bond donors (Lipinski definition) is 1. The Morgan fingerprint density at radius 3 is 2.84 bits per heavy atom. The van der Waals surface area contributed by atoms with E-state index in [1.165, 1.54) is 0 Å². The number of nitrogens with one attached hydrogen (secondary N) is 1. The van der Waals surface area contributed by atoms with E-state index in [0.717, 1.165) is 22.5 Å². The molecule has 0 radical (unpaired) electrons. The van der Waals surface area contributed by atoms with E-state index in [0.29, 0.717) is 16.7 Å². The Bertz CT molecular complexity index is 804. The van der Waals surface area contributed by atoms with Gasteiger partial charge in [-0.1, -0.05) is 23.7 Å². The van der Waals surface area contributed by atoms with Crippen molar-refractivity contribution in [1.29, 1.82) is 0 Å². The van der Waals surface area contributed by atoms with Gasteiger partial charge in [0.1, 0.15) is 0 Å². The molecule has 19 heavy (non-hydrogen) atoms. The summed E-state index contributed by atoms with van der Waals surface area (Å²) in [5.41, 5.74) is 2.37. The molecule has 1 aromatic heterocycles. The van der Waals surface area contributed by atoms with Gasteiger partial charge in [0.05, 0.1) is 16.7 Å². The number of halogens is 1. The van der Waals surface area contributed by atoms with Crippen molar-refractivity contribution in [3.63, 3.8) is 0 Å². The quantitative estimate of drug-likeness (QED) is 0.521. The van der Waals surface area contributed by atoms with Crippen LogP contribution in [0.4, 0.5) is 11.5 Å². The molecule has 0 aliphatic carbocycles. The van der Waals surface area contributed by atoms with E-state index in [-0.39, 0.29) is 0 Å². The van der Waals surface area contributed by atoms with Crippen molar-refractivity contribution < 1.29 is 4.74 Å². The summed E-state index contributed by atoms with van der Waals surface area (Å²) >= 11 is 5.96. The average Bonchev–Trinajstić information content (AvgIpc) is 2.43. The number of para-hydroxylation sites is 2. The lowest BCUT2D eigenvalue weighted by Gasteiger charge is -2.19. The zero-order chi connectivity index (χ0) is 12.8. The van der Waals surface area contributed by atoms with Crippen molar-refractivity contribution in [2.75, 3.05) is 5.32 Å². The topological polar surface area (TPSA) is 47.0 Å². The number of fused-ring (bicyclic) bond motifs is 3. The van der Waals surface area contributed by atoms with Crippen LogP contribution in [0.1, 0.15) is 0 Å². The molecule has 92 valence electrons. The Morgan fingerprint density at radius 1 is 1.00 bits per heavy atom. The van der Waals surface area contributed by atoms with Gasteiger partial charge in [-0.15, -0.1) is 0 Å². The number of rotatable bonds is 0. The van der Waals surface area contributed by atoms with Crippen LogP contribution in [0.5, 0.6) is 11.6 Å². The molecule has 4 nitrogen and oxygen atoms in total. The summed E-state index contributed by atoms with van der Waals surface area (Å²) < 4.78 is 5.75. The van der Waals surface area contributed by atoms with Gasteiger partial charge >= 0.3 is 0 Å². The minimum Gasteiger partial charge on any atom is -0.434 e. The highest BCUT2D eigenvalue weighted by Crippen LogP contribution is 2.40. The first kappa shape index (κ1) is 10.6. The average molecular weight is 270 g/mol. The first-order valence-electron chi connectivity index (χ1n) is 5.81. The second kappa shape index (κ2) is 3.83. The molecule has 5 heteroatoms. The molecule has 0 unspecified atom stereocenters. The first-order chi connectivity index (χ1) is 9.29. The summed E-state index contributed by atoms with van der Waals surface area (Å²) in [5, 5.41) is 3.85. The minimum absolute atomic E-state index is 0.480. The fourth-order valence-corrected chi connectivity index (χ4v) is 2.22. The lowest BCUT2D eigenvalue weighted by atomic mass is 10.2. The van der Waals surface area contributed by atoms with Gasteiger partial charge in [-0.25, -0.2) is 9.97 Å². The predicted octanol–water partition coefficient (Wildman–Crippen LogP) is 4.13. The van der Waals surface area contributed by atoms with Crippen LogP contribution in [-0.2, 0) is 0 Å². The van der Waals surface area contributed by atoms with E-state index in [9.17, 15) is 0 Å². The van der Waals surface area contributed by atoms with Crippen molar-refractivity contribution in [2.45, 2.75) is 0 Å². The van der Waals surface area contributed by atoms with Crippen LogP contribution in [0.15, 0.2) is 42.5 Å². The SMILES string of the molecule is Clc1ccc2nc3c(nc2c1)Nc1ccccc1O3. The maximum absolute atomic E-state index is 5.96. The van der Waals surface area contributed by atoms with Gasteiger partial charge in [-0.2, -0.15) is 0 Å². The first-order valence-corrected chi connectivity index (χ1v) is 6.19. The lowest BCUT2D eigenvalue weighted by molar-refractivity contribution is 0.461. The summed E-state index contributed by atoms with van der Waals surface area (Å²) in [6.45, 7) is 0. The number of anilines is 2. The molecule has 0 atom stereocenters. The van der Waals surface area contributed by atoms with Crippen molar-refractivity contribution in [2.24, 2.45) is 0 Å².